The predicted octanol–water partition coefficient (Wildman–Crippen LogP) is 2.28. The molecule has 0 radical (unpaired) electrons. The van der Waals surface area contributed by atoms with Crippen LogP contribution in [0, 0.1) is 0 Å². The van der Waals surface area contributed by atoms with E-state index in [2.05, 4.69) is 10.6 Å². The molecule has 2 aliphatic heterocycles. The van der Waals surface area contributed by atoms with Crippen molar-refractivity contribution in [1.82, 2.24) is 10.6 Å². The molecule has 1 unspecified atom stereocenters. The molecule has 8 heteroatoms. The van der Waals surface area contributed by atoms with Gasteiger partial charge in [-0.05, 0) is 11.6 Å². The number of ether oxygens (including phenoxy) is 2. The Labute approximate surface area is 161 Å². The van der Waals surface area contributed by atoms with Crippen molar-refractivity contribution < 1.29 is 23.9 Å². The van der Waals surface area contributed by atoms with E-state index in [-0.39, 0.29) is 19.6 Å². The number of rotatable bonds is 3. The predicted molar refractivity (Wildman–Crippen MR) is 99.9 cm³/mol. The van der Waals surface area contributed by atoms with Crippen LogP contribution in [0.25, 0.3) is 0 Å². The second-order valence-corrected chi connectivity index (χ2v) is 6.64. The van der Waals surface area contributed by atoms with Crippen LogP contribution in [0.15, 0.2) is 48.5 Å². The summed E-state index contributed by atoms with van der Waals surface area (Å²) in [5.41, 5.74) is 0.674. The molecule has 144 valence electrons. The van der Waals surface area contributed by atoms with E-state index < -0.39 is 23.6 Å². The number of hydrogen-bond acceptors (Lipinski definition) is 5. The summed E-state index contributed by atoms with van der Waals surface area (Å²) in [7, 11) is 1.52. The third-order valence-electron chi connectivity index (χ3n) is 5.03. The molecule has 0 saturated carbocycles. The number of hydrogen-bond donors (Lipinski definition) is 2. The van der Waals surface area contributed by atoms with Gasteiger partial charge in [0.1, 0.15) is 17.9 Å². The maximum Gasteiger partial charge on any atom is 0.414 e. The lowest BCUT2D eigenvalue weighted by Gasteiger charge is -2.38. The van der Waals surface area contributed by atoms with Crippen molar-refractivity contribution in [2.24, 2.45) is 0 Å². The number of benzene rings is 2. The zero-order valence-corrected chi connectivity index (χ0v) is 15.2. The average Bonchev–Trinajstić information content (AvgIpc) is 3.00. The van der Waals surface area contributed by atoms with Crippen LogP contribution in [0.1, 0.15) is 17.5 Å². The van der Waals surface area contributed by atoms with Crippen molar-refractivity contribution in [3.63, 3.8) is 0 Å². The second-order valence-electron chi connectivity index (χ2n) is 6.64. The van der Waals surface area contributed by atoms with Crippen molar-refractivity contribution in [2.45, 2.75) is 18.6 Å². The third-order valence-corrected chi connectivity index (χ3v) is 5.03. The van der Waals surface area contributed by atoms with Gasteiger partial charge in [0.25, 0.3) is 5.91 Å². The van der Waals surface area contributed by atoms with Gasteiger partial charge in [0.05, 0.1) is 12.8 Å². The van der Waals surface area contributed by atoms with Crippen LogP contribution in [-0.2, 0) is 21.7 Å². The Hall–Kier alpha value is -3.55. The zero-order valence-electron chi connectivity index (χ0n) is 15.2. The Balaban J connectivity index is 1.65. The fraction of sp³-hybridized carbons (Fsp3) is 0.250. The Kier molecular flexibility index (Phi) is 4.38. The van der Waals surface area contributed by atoms with E-state index in [0.717, 1.165) is 5.56 Å². The molecule has 0 aliphatic carbocycles. The molecule has 4 amide bonds. The van der Waals surface area contributed by atoms with Gasteiger partial charge in [-0.3, -0.25) is 15.0 Å². The van der Waals surface area contributed by atoms with E-state index in [1.54, 1.807) is 18.2 Å². The Bertz CT molecular complexity index is 946. The summed E-state index contributed by atoms with van der Waals surface area (Å²) in [6.45, 7) is 0.347. The quantitative estimate of drug-likeness (QED) is 0.795. The Morgan fingerprint density at radius 1 is 1.18 bits per heavy atom. The lowest BCUT2D eigenvalue weighted by Crippen LogP contribution is -2.52. The maximum atomic E-state index is 12.8. The highest BCUT2D eigenvalue weighted by molar-refractivity contribution is 6.09. The summed E-state index contributed by atoms with van der Waals surface area (Å²) >= 11 is 0. The lowest BCUT2D eigenvalue weighted by molar-refractivity contribution is -0.124. The molecular weight excluding hydrogens is 362 g/mol. The van der Waals surface area contributed by atoms with Crippen molar-refractivity contribution >= 4 is 23.7 Å². The van der Waals surface area contributed by atoms with Crippen molar-refractivity contribution in [3.05, 3.63) is 59.7 Å². The van der Waals surface area contributed by atoms with E-state index in [9.17, 15) is 14.4 Å². The number of nitrogens with one attached hydrogen (secondary N) is 2. The fourth-order valence-corrected chi connectivity index (χ4v) is 3.60. The molecule has 0 bridgehead atoms. The van der Waals surface area contributed by atoms with Crippen molar-refractivity contribution in [2.75, 3.05) is 18.6 Å². The molecule has 1 spiro atoms. The van der Waals surface area contributed by atoms with Crippen LogP contribution in [0.5, 0.6) is 5.75 Å². The first-order valence-corrected chi connectivity index (χ1v) is 8.84. The van der Waals surface area contributed by atoms with Crippen LogP contribution < -0.4 is 20.3 Å². The second kappa shape index (κ2) is 6.88. The van der Waals surface area contributed by atoms with Gasteiger partial charge in [-0.15, -0.1) is 0 Å². The minimum atomic E-state index is -1.20. The van der Waals surface area contributed by atoms with E-state index in [1.807, 2.05) is 30.3 Å². The Morgan fingerprint density at radius 2 is 1.96 bits per heavy atom. The lowest BCUT2D eigenvalue weighted by atomic mass is 9.82. The van der Waals surface area contributed by atoms with Crippen LogP contribution in [0.3, 0.4) is 0 Å². The molecule has 2 heterocycles. The number of imide groups is 1. The van der Waals surface area contributed by atoms with Gasteiger partial charge in [-0.1, -0.05) is 36.4 Å². The van der Waals surface area contributed by atoms with Crippen molar-refractivity contribution in [3.8, 4) is 5.75 Å². The molecule has 2 aromatic rings. The fourth-order valence-electron chi connectivity index (χ4n) is 3.60. The normalized spacial score (nSPS) is 20.4. The highest BCUT2D eigenvalue weighted by Gasteiger charge is 2.52. The highest BCUT2D eigenvalue weighted by Crippen LogP contribution is 2.42. The SMILES string of the molecule is COc1ccc2c(c1)N(C(=O)OCc1ccccc1)CCC21NC(=O)NC1=O. The number of nitrogens with zero attached hydrogens (tertiary/aromatic N) is 1. The Morgan fingerprint density at radius 3 is 2.64 bits per heavy atom. The summed E-state index contributed by atoms with van der Waals surface area (Å²) in [5.74, 6) is 0.0996. The summed E-state index contributed by atoms with van der Waals surface area (Å²) in [6.07, 6.45) is -0.289. The number of amides is 4. The first kappa shape index (κ1) is 17.8. The third kappa shape index (κ3) is 2.92. The molecule has 4 rings (SSSR count). The molecular formula is C20H19N3O5. The highest BCUT2D eigenvalue weighted by atomic mass is 16.6. The topological polar surface area (TPSA) is 97.0 Å². The summed E-state index contributed by atoms with van der Waals surface area (Å²) in [4.78, 5) is 38.5. The van der Waals surface area contributed by atoms with Gasteiger partial charge in [-0.2, -0.15) is 0 Å². The molecule has 2 aliphatic rings. The molecule has 1 fully saturated rings. The summed E-state index contributed by atoms with van der Waals surface area (Å²) < 4.78 is 10.7. The molecule has 0 aromatic heterocycles. The monoisotopic (exact) mass is 381 g/mol. The molecule has 2 aromatic carbocycles. The first-order valence-electron chi connectivity index (χ1n) is 8.84. The molecule has 2 N–H and O–H groups in total. The largest absolute Gasteiger partial charge is 0.497 e. The number of carbonyl (C=O) groups is 3. The standard InChI is InChI=1S/C20H19N3O5/c1-27-14-7-8-15-16(11-14)23(10-9-20(15)17(24)21-18(25)22-20)19(26)28-12-13-5-3-2-4-6-13/h2-8,11H,9-10,12H2,1H3,(H2,21,22,24,25). The average molecular weight is 381 g/mol. The van der Waals surface area contributed by atoms with Crippen LogP contribution in [0.2, 0.25) is 0 Å². The zero-order chi connectivity index (χ0) is 19.7. The summed E-state index contributed by atoms with van der Waals surface area (Å²) in [5, 5.41) is 4.99. The van der Waals surface area contributed by atoms with E-state index >= 15 is 0 Å². The van der Waals surface area contributed by atoms with E-state index in [0.29, 0.717) is 17.0 Å². The number of carbonyl (C=O) groups excluding carboxylic acids is 3. The number of urea groups is 1. The van der Waals surface area contributed by atoms with E-state index in [4.69, 9.17) is 9.47 Å². The number of anilines is 1. The van der Waals surface area contributed by atoms with Gasteiger partial charge < -0.3 is 14.8 Å². The van der Waals surface area contributed by atoms with Gasteiger partial charge in [0.15, 0.2) is 0 Å². The van der Waals surface area contributed by atoms with Gasteiger partial charge in [-0.25, -0.2) is 9.59 Å². The summed E-state index contributed by atoms with van der Waals surface area (Å²) in [6, 6.07) is 13.9. The van der Waals surface area contributed by atoms with Gasteiger partial charge >= 0.3 is 12.1 Å². The van der Waals surface area contributed by atoms with Crippen LogP contribution >= 0.6 is 0 Å². The minimum Gasteiger partial charge on any atom is -0.497 e. The maximum absolute atomic E-state index is 12.8. The van der Waals surface area contributed by atoms with Crippen LogP contribution in [0.4, 0.5) is 15.3 Å². The first-order chi connectivity index (χ1) is 13.5. The van der Waals surface area contributed by atoms with Gasteiger partial charge in [0, 0.05) is 24.6 Å². The minimum absolute atomic E-state index is 0.137. The van der Waals surface area contributed by atoms with Gasteiger partial charge in [0.2, 0.25) is 0 Å². The number of methoxy groups -OCH3 is 1. The molecule has 28 heavy (non-hydrogen) atoms. The molecule has 1 atom stereocenters. The number of fused-ring (bicyclic) bond motifs is 2. The van der Waals surface area contributed by atoms with E-state index in [1.165, 1.54) is 12.0 Å². The molecule has 1 saturated heterocycles. The van der Waals surface area contributed by atoms with Crippen molar-refractivity contribution in [1.29, 1.82) is 0 Å². The molecule has 8 nitrogen and oxygen atoms in total. The van der Waals surface area contributed by atoms with Crippen LogP contribution in [-0.4, -0.2) is 31.7 Å². The smallest absolute Gasteiger partial charge is 0.414 e.